The molecule has 5 heteroatoms. The molecular weight excluding hydrogens is 220 g/mol. The van der Waals surface area contributed by atoms with Crippen molar-refractivity contribution in [2.75, 3.05) is 0 Å². The first-order chi connectivity index (χ1) is 7.94. The largest absolute Gasteiger partial charge is 0.473 e. The lowest BCUT2D eigenvalue weighted by molar-refractivity contribution is 0.0505. The number of hydrogen-bond acceptors (Lipinski definition) is 4. The third kappa shape index (κ3) is 3.22. The van der Waals surface area contributed by atoms with E-state index < -0.39 is 11.7 Å². The summed E-state index contributed by atoms with van der Waals surface area (Å²) >= 11 is 0. The van der Waals surface area contributed by atoms with E-state index in [-0.39, 0.29) is 6.10 Å². The molecule has 2 rings (SSSR count). The molecule has 0 radical (unpaired) electrons. The second-order valence-electron chi connectivity index (χ2n) is 5.25. The molecule has 1 aromatic heterocycles. The normalized spacial score (nSPS) is 16.4. The summed E-state index contributed by atoms with van der Waals surface area (Å²) in [6.07, 6.45) is 4.68. The smallest absolute Gasteiger partial charge is 0.435 e. The fraction of sp³-hybridized carbons (Fsp3) is 0.667. The van der Waals surface area contributed by atoms with Gasteiger partial charge < -0.3 is 9.47 Å². The Kier molecular flexibility index (Phi) is 3.09. The van der Waals surface area contributed by atoms with Gasteiger partial charge in [0.05, 0.1) is 0 Å². The molecule has 1 aliphatic carbocycles. The number of ether oxygens (including phenoxy) is 2. The minimum atomic E-state index is -0.516. The molecule has 0 saturated heterocycles. The lowest BCUT2D eigenvalue weighted by atomic mass is 9.96. The zero-order valence-corrected chi connectivity index (χ0v) is 10.5. The summed E-state index contributed by atoms with van der Waals surface area (Å²) in [5, 5.41) is 4.04. The van der Waals surface area contributed by atoms with Crippen LogP contribution in [-0.2, 0) is 4.74 Å². The monoisotopic (exact) mass is 238 g/mol. The van der Waals surface area contributed by atoms with Gasteiger partial charge in [-0.05, 0) is 40.0 Å². The Labute approximate surface area is 101 Å². The molecule has 1 aromatic rings. The van der Waals surface area contributed by atoms with Crippen LogP contribution in [0.3, 0.4) is 0 Å². The fourth-order valence-electron chi connectivity index (χ4n) is 1.44. The van der Waals surface area contributed by atoms with Crippen LogP contribution in [0.1, 0.15) is 40.0 Å². The van der Waals surface area contributed by atoms with Crippen LogP contribution in [0.15, 0.2) is 12.3 Å². The number of aromatic nitrogens is 2. The maximum Gasteiger partial charge on any atom is 0.435 e. The molecule has 0 unspecified atom stereocenters. The van der Waals surface area contributed by atoms with Crippen molar-refractivity contribution in [1.82, 2.24) is 9.78 Å². The standard InChI is InChI=1S/C12H18N2O3/c1-12(2,3)17-11(15)14-8-7-10(13-14)16-9-5-4-6-9/h7-9H,4-6H2,1-3H3. The van der Waals surface area contributed by atoms with E-state index in [1.807, 2.05) is 20.8 Å². The number of carbonyl (C=O) groups is 1. The molecule has 1 saturated carbocycles. The summed E-state index contributed by atoms with van der Waals surface area (Å²) in [6, 6.07) is 1.68. The van der Waals surface area contributed by atoms with Crippen molar-refractivity contribution in [2.45, 2.75) is 51.7 Å². The molecule has 0 atom stereocenters. The van der Waals surface area contributed by atoms with Gasteiger partial charge in [-0.3, -0.25) is 0 Å². The first-order valence-corrected chi connectivity index (χ1v) is 5.90. The summed E-state index contributed by atoms with van der Waals surface area (Å²) in [6.45, 7) is 5.46. The van der Waals surface area contributed by atoms with Crippen molar-refractivity contribution in [3.63, 3.8) is 0 Å². The molecule has 0 spiro atoms. The SMILES string of the molecule is CC(C)(C)OC(=O)n1ccc(OC2CCC2)n1. The number of rotatable bonds is 2. The first-order valence-electron chi connectivity index (χ1n) is 5.90. The Balaban J connectivity index is 1.94. The van der Waals surface area contributed by atoms with Gasteiger partial charge in [-0.15, -0.1) is 5.10 Å². The Hall–Kier alpha value is -1.52. The van der Waals surface area contributed by atoms with Crippen molar-refractivity contribution < 1.29 is 14.3 Å². The maximum absolute atomic E-state index is 11.7. The van der Waals surface area contributed by atoms with Gasteiger partial charge in [0.1, 0.15) is 11.7 Å². The van der Waals surface area contributed by atoms with Crippen molar-refractivity contribution in [3.8, 4) is 5.88 Å². The predicted octanol–water partition coefficient (Wildman–Crippen LogP) is 2.60. The van der Waals surface area contributed by atoms with Gasteiger partial charge in [0.2, 0.25) is 5.88 Å². The van der Waals surface area contributed by atoms with Gasteiger partial charge >= 0.3 is 6.09 Å². The molecular formula is C12H18N2O3. The van der Waals surface area contributed by atoms with E-state index >= 15 is 0 Å². The number of carbonyl (C=O) groups excluding carboxylic acids is 1. The third-order valence-electron chi connectivity index (χ3n) is 2.48. The Morgan fingerprint density at radius 2 is 2.18 bits per heavy atom. The van der Waals surface area contributed by atoms with Crippen molar-refractivity contribution in [3.05, 3.63) is 12.3 Å². The van der Waals surface area contributed by atoms with E-state index in [1.54, 1.807) is 12.3 Å². The highest BCUT2D eigenvalue weighted by Crippen LogP contribution is 2.23. The van der Waals surface area contributed by atoms with Gasteiger partial charge in [0.15, 0.2) is 0 Å². The molecule has 1 fully saturated rings. The van der Waals surface area contributed by atoms with E-state index in [4.69, 9.17) is 9.47 Å². The minimum Gasteiger partial charge on any atom is -0.473 e. The lowest BCUT2D eigenvalue weighted by Gasteiger charge is -2.24. The molecule has 0 aliphatic heterocycles. The molecule has 0 amide bonds. The highest BCUT2D eigenvalue weighted by atomic mass is 16.6. The molecule has 0 aromatic carbocycles. The Bertz CT molecular complexity index is 402. The van der Waals surface area contributed by atoms with Crippen molar-refractivity contribution >= 4 is 6.09 Å². The first kappa shape index (κ1) is 12.0. The predicted molar refractivity (Wildman–Crippen MR) is 62.1 cm³/mol. The lowest BCUT2D eigenvalue weighted by Crippen LogP contribution is -2.28. The van der Waals surface area contributed by atoms with E-state index in [0.717, 1.165) is 12.8 Å². The second-order valence-corrected chi connectivity index (χ2v) is 5.25. The Morgan fingerprint density at radius 3 is 2.71 bits per heavy atom. The number of nitrogens with zero attached hydrogens (tertiary/aromatic N) is 2. The summed E-state index contributed by atoms with van der Waals surface area (Å²) in [4.78, 5) is 11.7. The molecule has 0 bridgehead atoms. The van der Waals surface area contributed by atoms with Crippen LogP contribution in [0.2, 0.25) is 0 Å². The zero-order chi connectivity index (χ0) is 12.5. The topological polar surface area (TPSA) is 53.4 Å². The van der Waals surface area contributed by atoms with Crippen molar-refractivity contribution in [2.24, 2.45) is 0 Å². The third-order valence-corrected chi connectivity index (χ3v) is 2.48. The van der Waals surface area contributed by atoms with Crippen LogP contribution in [0.5, 0.6) is 5.88 Å². The highest BCUT2D eigenvalue weighted by Gasteiger charge is 2.22. The molecule has 94 valence electrons. The second kappa shape index (κ2) is 4.39. The molecule has 5 nitrogen and oxygen atoms in total. The summed E-state index contributed by atoms with van der Waals surface area (Å²) < 4.78 is 11.9. The Morgan fingerprint density at radius 1 is 1.47 bits per heavy atom. The van der Waals surface area contributed by atoms with Gasteiger partial charge in [-0.2, -0.15) is 4.68 Å². The van der Waals surface area contributed by atoms with Crippen LogP contribution in [0.4, 0.5) is 4.79 Å². The zero-order valence-electron chi connectivity index (χ0n) is 10.5. The van der Waals surface area contributed by atoms with E-state index in [1.165, 1.54) is 11.1 Å². The van der Waals surface area contributed by atoms with E-state index in [9.17, 15) is 4.79 Å². The van der Waals surface area contributed by atoms with Gasteiger partial charge in [0.25, 0.3) is 0 Å². The van der Waals surface area contributed by atoms with Crippen LogP contribution in [-0.4, -0.2) is 27.6 Å². The van der Waals surface area contributed by atoms with Crippen molar-refractivity contribution in [1.29, 1.82) is 0 Å². The average molecular weight is 238 g/mol. The number of hydrogen-bond donors (Lipinski definition) is 0. The van der Waals surface area contributed by atoms with Crippen LogP contribution >= 0.6 is 0 Å². The van der Waals surface area contributed by atoms with Gasteiger partial charge in [-0.1, -0.05) is 0 Å². The van der Waals surface area contributed by atoms with Crippen LogP contribution < -0.4 is 4.74 Å². The molecule has 17 heavy (non-hydrogen) atoms. The van der Waals surface area contributed by atoms with Crippen LogP contribution in [0, 0.1) is 0 Å². The molecule has 0 N–H and O–H groups in total. The summed E-state index contributed by atoms with van der Waals surface area (Å²) in [5.41, 5.74) is -0.516. The van der Waals surface area contributed by atoms with E-state index in [2.05, 4.69) is 5.10 Å². The minimum absolute atomic E-state index is 0.261. The fourth-order valence-corrected chi connectivity index (χ4v) is 1.44. The summed E-state index contributed by atoms with van der Waals surface area (Å²) in [5.74, 6) is 0.487. The highest BCUT2D eigenvalue weighted by molar-refractivity contribution is 5.69. The van der Waals surface area contributed by atoms with Crippen LogP contribution in [0.25, 0.3) is 0 Å². The van der Waals surface area contributed by atoms with E-state index in [0.29, 0.717) is 5.88 Å². The quantitative estimate of drug-likeness (QED) is 0.794. The molecule has 1 heterocycles. The van der Waals surface area contributed by atoms with Gasteiger partial charge in [0, 0.05) is 12.3 Å². The average Bonchev–Trinajstić information content (AvgIpc) is 2.56. The van der Waals surface area contributed by atoms with Gasteiger partial charge in [-0.25, -0.2) is 4.79 Å². The molecule has 1 aliphatic rings. The summed E-state index contributed by atoms with van der Waals surface area (Å²) in [7, 11) is 0. The maximum atomic E-state index is 11.7.